The summed E-state index contributed by atoms with van der Waals surface area (Å²) in [5.41, 5.74) is 2.48. The van der Waals surface area contributed by atoms with Crippen molar-refractivity contribution in [3.05, 3.63) is 64.5 Å². The van der Waals surface area contributed by atoms with E-state index in [1.807, 2.05) is 37.3 Å². The largest absolute Gasteiger partial charge is 0.479 e. The number of hydrogen-bond acceptors (Lipinski definition) is 5. The predicted octanol–water partition coefficient (Wildman–Crippen LogP) is 4.71. The third-order valence-corrected chi connectivity index (χ3v) is 3.75. The van der Waals surface area contributed by atoms with Crippen molar-refractivity contribution < 1.29 is 9.15 Å². The van der Waals surface area contributed by atoms with Crippen molar-refractivity contribution in [3.63, 3.8) is 0 Å². The van der Waals surface area contributed by atoms with Crippen LogP contribution in [0.1, 0.15) is 30.0 Å². The lowest BCUT2D eigenvalue weighted by Gasteiger charge is -2.12. The first-order valence-corrected chi connectivity index (χ1v) is 7.71. The van der Waals surface area contributed by atoms with Crippen molar-refractivity contribution >= 4 is 11.6 Å². The second kappa shape index (κ2) is 6.73. The molecule has 1 aromatic heterocycles. The van der Waals surface area contributed by atoms with Gasteiger partial charge in [-0.1, -0.05) is 29.3 Å². The molecule has 6 heteroatoms. The summed E-state index contributed by atoms with van der Waals surface area (Å²) in [6, 6.07) is 14.7. The number of nitriles is 1. The molecule has 0 radical (unpaired) electrons. The summed E-state index contributed by atoms with van der Waals surface area (Å²) in [5, 5.41) is 17.3. The minimum atomic E-state index is -0.470. The zero-order valence-corrected chi connectivity index (χ0v) is 13.9. The van der Waals surface area contributed by atoms with Crippen LogP contribution in [0.4, 0.5) is 0 Å². The molecule has 24 heavy (non-hydrogen) atoms. The van der Waals surface area contributed by atoms with E-state index in [0.29, 0.717) is 28.1 Å². The molecular weight excluding hydrogens is 326 g/mol. The van der Waals surface area contributed by atoms with Gasteiger partial charge in [0.2, 0.25) is 5.89 Å². The van der Waals surface area contributed by atoms with Crippen LogP contribution in [0.3, 0.4) is 0 Å². The van der Waals surface area contributed by atoms with Crippen LogP contribution in [0.2, 0.25) is 5.02 Å². The Labute approximate surface area is 144 Å². The molecule has 1 atom stereocenters. The predicted molar refractivity (Wildman–Crippen MR) is 89.7 cm³/mol. The quantitative estimate of drug-likeness (QED) is 0.688. The van der Waals surface area contributed by atoms with E-state index in [-0.39, 0.29) is 0 Å². The van der Waals surface area contributed by atoms with E-state index < -0.39 is 6.10 Å². The van der Waals surface area contributed by atoms with E-state index in [4.69, 9.17) is 26.0 Å². The van der Waals surface area contributed by atoms with Gasteiger partial charge in [-0.05, 0) is 44.2 Å². The molecule has 0 N–H and O–H groups in total. The van der Waals surface area contributed by atoms with Gasteiger partial charge in [-0.25, -0.2) is 0 Å². The van der Waals surface area contributed by atoms with Crippen LogP contribution >= 0.6 is 11.6 Å². The van der Waals surface area contributed by atoms with Crippen LogP contribution in [0.25, 0.3) is 11.5 Å². The monoisotopic (exact) mass is 339 g/mol. The van der Waals surface area contributed by atoms with Gasteiger partial charge in [0.15, 0.2) is 6.10 Å². The van der Waals surface area contributed by atoms with E-state index in [1.54, 1.807) is 25.1 Å². The zero-order valence-electron chi connectivity index (χ0n) is 13.2. The summed E-state index contributed by atoms with van der Waals surface area (Å²) in [6.45, 7) is 3.81. The van der Waals surface area contributed by atoms with Crippen LogP contribution in [-0.2, 0) is 0 Å². The number of halogens is 1. The average Bonchev–Trinajstić information content (AvgIpc) is 3.07. The first-order valence-electron chi connectivity index (χ1n) is 7.33. The lowest BCUT2D eigenvalue weighted by atomic mass is 10.1. The molecule has 0 amide bonds. The molecule has 120 valence electrons. The van der Waals surface area contributed by atoms with Crippen molar-refractivity contribution in [3.8, 4) is 23.3 Å². The zero-order chi connectivity index (χ0) is 17.1. The van der Waals surface area contributed by atoms with E-state index in [0.717, 1.165) is 11.1 Å². The van der Waals surface area contributed by atoms with Crippen molar-refractivity contribution in [2.45, 2.75) is 20.0 Å². The van der Waals surface area contributed by atoms with Gasteiger partial charge in [-0.2, -0.15) is 5.26 Å². The molecule has 1 heterocycles. The molecule has 0 spiro atoms. The van der Waals surface area contributed by atoms with Gasteiger partial charge >= 0.3 is 0 Å². The Kier molecular flexibility index (Phi) is 4.50. The lowest BCUT2D eigenvalue weighted by molar-refractivity contribution is 0.190. The summed E-state index contributed by atoms with van der Waals surface area (Å²) >= 11 is 6.11. The highest BCUT2D eigenvalue weighted by Crippen LogP contribution is 2.30. The van der Waals surface area contributed by atoms with Crippen LogP contribution in [0, 0.1) is 18.3 Å². The molecule has 0 unspecified atom stereocenters. The Morgan fingerprint density at radius 3 is 2.58 bits per heavy atom. The van der Waals surface area contributed by atoms with Gasteiger partial charge in [0.25, 0.3) is 5.89 Å². The van der Waals surface area contributed by atoms with E-state index in [1.165, 1.54) is 0 Å². The van der Waals surface area contributed by atoms with E-state index in [9.17, 15) is 0 Å². The minimum absolute atomic E-state index is 0.353. The first-order chi connectivity index (χ1) is 11.6. The van der Waals surface area contributed by atoms with Gasteiger partial charge in [-0.3, -0.25) is 0 Å². The van der Waals surface area contributed by atoms with Crippen LogP contribution in [-0.4, -0.2) is 10.2 Å². The molecule has 2 aromatic carbocycles. The number of hydrogen-bond donors (Lipinski definition) is 0. The maximum Gasteiger partial charge on any atom is 0.257 e. The Morgan fingerprint density at radius 2 is 1.92 bits per heavy atom. The molecule has 0 aliphatic carbocycles. The Hall–Kier alpha value is -2.84. The average molecular weight is 340 g/mol. The van der Waals surface area contributed by atoms with Gasteiger partial charge in [-0.15, -0.1) is 10.2 Å². The molecule has 3 aromatic rings. The van der Waals surface area contributed by atoms with Crippen LogP contribution < -0.4 is 4.74 Å². The number of aromatic nitrogens is 2. The van der Waals surface area contributed by atoms with Crippen molar-refractivity contribution in [2.24, 2.45) is 0 Å². The fraction of sp³-hybridized carbons (Fsp3) is 0.167. The number of aryl methyl sites for hydroxylation is 1. The summed E-state index contributed by atoms with van der Waals surface area (Å²) in [7, 11) is 0. The molecule has 3 rings (SSSR count). The topological polar surface area (TPSA) is 71.9 Å². The summed E-state index contributed by atoms with van der Waals surface area (Å²) in [5.74, 6) is 1.25. The lowest BCUT2D eigenvalue weighted by Crippen LogP contribution is -2.04. The standard InChI is InChI=1S/C18H14ClN3O2/c1-11-3-6-14(7-4-11)18-22-21-17(24-18)12(2)23-16-8-5-13(10-20)9-15(16)19/h3-9,12H,1-2H3/t12-/m1/s1. The molecule has 0 saturated heterocycles. The molecule has 0 bridgehead atoms. The third kappa shape index (κ3) is 3.39. The Bertz CT molecular complexity index is 897. The Balaban J connectivity index is 1.78. The Morgan fingerprint density at radius 1 is 1.17 bits per heavy atom. The fourth-order valence-electron chi connectivity index (χ4n) is 2.12. The highest BCUT2D eigenvalue weighted by atomic mass is 35.5. The molecule has 0 aliphatic rings. The highest BCUT2D eigenvalue weighted by molar-refractivity contribution is 6.32. The maximum absolute atomic E-state index is 8.86. The molecular formula is C18H14ClN3O2. The molecule has 5 nitrogen and oxygen atoms in total. The third-order valence-electron chi connectivity index (χ3n) is 3.45. The second-order valence-electron chi connectivity index (χ2n) is 5.33. The van der Waals surface area contributed by atoms with E-state index >= 15 is 0 Å². The van der Waals surface area contributed by atoms with Gasteiger partial charge in [0.1, 0.15) is 5.75 Å². The highest BCUT2D eigenvalue weighted by Gasteiger charge is 2.18. The molecule has 0 fully saturated rings. The normalized spacial score (nSPS) is 11.8. The van der Waals surface area contributed by atoms with Crippen LogP contribution in [0.5, 0.6) is 5.75 Å². The minimum Gasteiger partial charge on any atom is -0.479 e. The van der Waals surface area contributed by atoms with Crippen LogP contribution in [0.15, 0.2) is 46.9 Å². The summed E-state index contributed by atoms with van der Waals surface area (Å²) in [4.78, 5) is 0. The van der Waals surface area contributed by atoms with Gasteiger partial charge in [0, 0.05) is 5.56 Å². The SMILES string of the molecule is Cc1ccc(-c2nnc([C@@H](C)Oc3ccc(C#N)cc3Cl)o2)cc1. The summed E-state index contributed by atoms with van der Waals surface area (Å²) < 4.78 is 11.4. The van der Waals surface area contributed by atoms with E-state index in [2.05, 4.69) is 10.2 Å². The fourth-order valence-corrected chi connectivity index (χ4v) is 2.34. The van der Waals surface area contributed by atoms with Crippen molar-refractivity contribution in [2.75, 3.05) is 0 Å². The smallest absolute Gasteiger partial charge is 0.257 e. The van der Waals surface area contributed by atoms with Gasteiger partial charge in [0.05, 0.1) is 16.7 Å². The summed E-state index contributed by atoms with van der Waals surface area (Å²) in [6.07, 6.45) is -0.470. The first kappa shape index (κ1) is 16.0. The number of rotatable bonds is 4. The number of benzene rings is 2. The second-order valence-corrected chi connectivity index (χ2v) is 5.74. The number of nitrogens with zero attached hydrogens (tertiary/aromatic N) is 3. The van der Waals surface area contributed by atoms with Crippen molar-refractivity contribution in [1.82, 2.24) is 10.2 Å². The van der Waals surface area contributed by atoms with Crippen molar-refractivity contribution in [1.29, 1.82) is 5.26 Å². The maximum atomic E-state index is 8.86. The number of ether oxygens (including phenoxy) is 1. The molecule has 0 aliphatic heterocycles. The molecule has 0 saturated carbocycles. The van der Waals surface area contributed by atoms with Gasteiger partial charge < -0.3 is 9.15 Å².